The highest BCUT2D eigenvalue weighted by atomic mass is 16.5. The molecule has 39 heavy (non-hydrogen) atoms. The zero-order chi connectivity index (χ0) is 27.9. The summed E-state index contributed by atoms with van der Waals surface area (Å²) in [6, 6.07) is 19.7. The van der Waals surface area contributed by atoms with Crippen molar-refractivity contribution in [2.75, 3.05) is 51.0 Å². The molecule has 9 nitrogen and oxygen atoms in total. The number of aryl methyl sites for hydroxylation is 1. The number of fused-ring (bicyclic) bond motifs is 1. The summed E-state index contributed by atoms with van der Waals surface area (Å²) >= 11 is 0. The van der Waals surface area contributed by atoms with E-state index in [-0.39, 0.29) is 17.4 Å². The molecule has 0 radical (unpaired) electrons. The summed E-state index contributed by atoms with van der Waals surface area (Å²) < 4.78 is 5.07. The van der Waals surface area contributed by atoms with E-state index in [0.29, 0.717) is 59.0 Å². The van der Waals surface area contributed by atoms with Crippen LogP contribution in [-0.4, -0.2) is 68.2 Å². The Labute approximate surface area is 227 Å². The van der Waals surface area contributed by atoms with E-state index in [1.165, 1.54) is 6.07 Å². The topological polar surface area (TPSA) is 120 Å². The number of nitrogens with one attached hydrogen (secondary N) is 3. The fourth-order valence-electron chi connectivity index (χ4n) is 4.36. The molecule has 4 rings (SSSR count). The second kappa shape index (κ2) is 12.4. The predicted octanol–water partition coefficient (Wildman–Crippen LogP) is 3.93. The average molecular weight is 529 g/mol. The molecule has 0 atom stereocenters. The first-order chi connectivity index (χ1) is 18.8. The maximum absolute atomic E-state index is 13.2. The first-order valence-corrected chi connectivity index (χ1v) is 12.6. The molecule has 0 bridgehead atoms. The average Bonchev–Trinajstić information content (AvgIpc) is 3.24. The zero-order valence-corrected chi connectivity index (χ0v) is 22.2. The highest BCUT2D eigenvalue weighted by molar-refractivity contribution is 6.37. The molecule has 9 heteroatoms. The summed E-state index contributed by atoms with van der Waals surface area (Å²) in [4.78, 5) is 39.5. The number of ether oxygens (including phenoxy) is 1. The van der Waals surface area contributed by atoms with Gasteiger partial charge in [-0.05, 0) is 61.5 Å². The SMILES string of the molecule is COCCN(C)CCNC(=O)c1ccc(N/C(=C2/C(=O)Nc3cc(C(=O)O)c(C)cc32)c2ccccc2)cc1. The number of hydrogen-bond acceptors (Lipinski definition) is 6. The summed E-state index contributed by atoms with van der Waals surface area (Å²) in [5, 5.41) is 18.6. The van der Waals surface area contributed by atoms with Crippen LogP contribution in [0.5, 0.6) is 0 Å². The molecular formula is C30H32N4O5. The molecule has 1 aliphatic rings. The molecule has 4 N–H and O–H groups in total. The van der Waals surface area contributed by atoms with Crippen molar-refractivity contribution in [3.63, 3.8) is 0 Å². The van der Waals surface area contributed by atoms with Crippen LogP contribution in [-0.2, 0) is 9.53 Å². The highest BCUT2D eigenvalue weighted by Gasteiger charge is 2.30. The van der Waals surface area contributed by atoms with Gasteiger partial charge in [0.25, 0.3) is 11.8 Å². The molecule has 0 unspecified atom stereocenters. The number of amides is 2. The molecule has 1 heterocycles. The maximum atomic E-state index is 13.2. The largest absolute Gasteiger partial charge is 0.478 e. The molecule has 0 aliphatic carbocycles. The van der Waals surface area contributed by atoms with Crippen molar-refractivity contribution in [3.8, 4) is 0 Å². The van der Waals surface area contributed by atoms with Gasteiger partial charge in [0.15, 0.2) is 0 Å². The summed E-state index contributed by atoms with van der Waals surface area (Å²) in [7, 11) is 3.63. The van der Waals surface area contributed by atoms with Crippen molar-refractivity contribution in [2.45, 2.75) is 6.92 Å². The minimum Gasteiger partial charge on any atom is -0.478 e. The van der Waals surface area contributed by atoms with Crippen LogP contribution in [0.25, 0.3) is 11.3 Å². The van der Waals surface area contributed by atoms with Gasteiger partial charge in [0, 0.05) is 43.6 Å². The van der Waals surface area contributed by atoms with E-state index in [0.717, 1.165) is 12.1 Å². The Morgan fingerprint density at radius 1 is 1.00 bits per heavy atom. The third-order valence-corrected chi connectivity index (χ3v) is 6.52. The predicted molar refractivity (Wildman–Crippen MR) is 152 cm³/mol. The summed E-state index contributed by atoms with van der Waals surface area (Å²) in [5.74, 6) is -1.55. The van der Waals surface area contributed by atoms with Crippen LogP contribution in [0.3, 0.4) is 0 Å². The molecule has 202 valence electrons. The third kappa shape index (κ3) is 6.51. The van der Waals surface area contributed by atoms with Crippen LogP contribution in [0.15, 0.2) is 66.7 Å². The van der Waals surface area contributed by atoms with Gasteiger partial charge in [0.1, 0.15) is 0 Å². The number of carboxylic acids is 1. The van der Waals surface area contributed by atoms with E-state index in [9.17, 15) is 19.5 Å². The van der Waals surface area contributed by atoms with Crippen molar-refractivity contribution < 1.29 is 24.2 Å². The smallest absolute Gasteiger partial charge is 0.336 e. The number of rotatable bonds is 11. The van der Waals surface area contributed by atoms with Gasteiger partial charge in [-0.25, -0.2) is 4.79 Å². The maximum Gasteiger partial charge on any atom is 0.336 e. The molecule has 1 aliphatic heterocycles. The molecular weight excluding hydrogens is 496 g/mol. The standard InChI is InChI=1S/C30H32N4O5/c1-19-17-24-25(18-23(19)30(37)38)33-29(36)26(24)27(20-7-5-4-6-8-20)32-22-11-9-21(10-12-22)28(35)31-13-14-34(2)15-16-39-3/h4-12,17-18,32H,13-16H2,1-3H3,(H,31,35)(H,33,36)(H,37,38)/b27-26+. The molecule has 2 amide bonds. The second-order valence-corrected chi connectivity index (χ2v) is 9.34. The zero-order valence-electron chi connectivity index (χ0n) is 22.2. The number of carbonyl (C=O) groups excluding carboxylic acids is 2. The molecule has 0 aromatic heterocycles. The lowest BCUT2D eigenvalue weighted by atomic mass is 9.96. The Balaban J connectivity index is 1.58. The summed E-state index contributed by atoms with van der Waals surface area (Å²) in [5.41, 5.74) is 4.76. The number of nitrogens with zero attached hydrogens (tertiary/aromatic N) is 1. The number of hydrogen-bond donors (Lipinski definition) is 4. The van der Waals surface area contributed by atoms with Crippen LogP contribution < -0.4 is 16.0 Å². The minimum atomic E-state index is -1.05. The van der Waals surface area contributed by atoms with Crippen molar-refractivity contribution in [3.05, 3.63) is 94.5 Å². The van der Waals surface area contributed by atoms with E-state index in [1.807, 2.05) is 37.4 Å². The van der Waals surface area contributed by atoms with Crippen LogP contribution >= 0.6 is 0 Å². The molecule has 0 spiro atoms. The monoisotopic (exact) mass is 528 g/mol. The van der Waals surface area contributed by atoms with Gasteiger partial charge >= 0.3 is 5.97 Å². The van der Waals surface area contributed by atoms with Crippen LogP contribution in [0.4, 0.5) is 11.4 Å². The van der Waals surface area contributed by atoms with Gasteiger partial charge in [-0.3, -0.25) is 9.59 Å². The van der Waals surface area contributed by atoms with Gasteiger partial charge in [0.05, 0.1) is 29.1 Å². The number of carbonyl (C=O) groups is 3. The van der Waals surface area contributed by atoms with Gasteiger partial charge in [0.2, 0.25) is 0 Å². The first-order valence-electron chi connectivity index (χ1n) is 12.6. The van der Waals surface area contributed by atoms with Crippen LogP contribution in [0.2, 0.25) is 0 Å². The van der Waals surface area contributed by atoms with Gasteiger partial charge in [-0.2, -0.15) is 0 Å². The number of likely N-dealkylation sites (N-methyl/N-ethyl adjacent to an activating group) is 1. The Bertz CT molecular complexity index is 1400. The van der Waals surface area contributed by atoms with E-state index in [1.54, 1.807) is 44.4 Å². The normalized spacial score (nSPS) is 13.6. The summed E-state index contributed by atoms with van der Waals surface area (Å²) in [6.07, 6.45) is 0. The Hall–Kier alpha value is -4.47. The molecule has 3 aromatic carbocycles. The van der Waals surface area contributed by atoms with Crippen LogP contribution in [0, 0.1) is 6.92 Å². The minimum absolute atomic E-state index is 0.139. The number of carboxylic acid groups (broad SMARTS) is 1. The number of methoxy groups -OCH3 is 1. The molecule has 3 aromatic rings. The Morgan fingerprint density at radius 2 is 1.72 bits per heavy atom. The number of benzene rings is 3. The van der Waals surface area contributed by atoms with Crippen molar-refractivity contribution in [1.29, 1.82) is 0 Å². The van der Waals surface area contributed by atoms with E-state index in [4.69, 9.17) is 4.74 Å². The fourth-order valence-corrected chi connectivity index (χ4v) is 4.36. The highest BCUT2D eigenvalue weighted by Crippen LogP contribution is 2.39. The van der Waals surface area contributed by atoms with E-state index in [2.05, 4.69) is 20.9 Å². The Kier molecular flexibility index (Phi) is 8.75. The van der Waals surface area contributed by atoms with Crippen LogP contribution in [0.1, 0.15) is 37.4 Å². The van der Waals surface area contributed by atoms with Crippen molar-refractivity contribution >= 4 is 40.4 Å². The fraction of sp³-hybridized carbons (Fsp3) is 0.233. The Morgan fingerprint density at radius 3 is 2.38 bits per heavy atom. The third-order valence-electron chi connectivity index (χ3n) is 6.52. The molecule has 0 fully saturated rings. The lowest BCUT2D eigenvalue weighted by molar-refractivity contribution is -0.110. The lowest BCUT2D eigenvalue weighted by Gasteiger charge is -2.16. The van der Waals surface area contributed by atoms with E-state index >= 15 is 0 Å². The van der Waals surface area contributed by atoms with Gasteiger partial charge in [-0.1, -0.05) is 30.3 Å². The van der Waals surface area contributed by atoms with Gasteiger partial charge < -0.3 is 30.7 Å². The first kappa shape index (κ1) is 27.6. The van der Waals surface area contributed by atoms with E-state index < -0.39 is 5.97 Å². The molecule has 0 saturated heterocycles. The molecule has 0 saturated carbocycles. The quantitative estimate of drug-likeness (QED) is 0.278. The number of anilines is 2. The van der Waals surface area contributed by atoms with Gasteiger partial charge in [-0.15, -0.1) is 0 Å². The van der Waals surface area contributed by atoms with Crippen molar-refractivity contribution in [2.24, 2.45) is 0 Å². The second-order valence-electron chi connectivity index (χ2n) is 9.34. The number of aromatic carboxylic acids is 1. The lowest BCUT2D eigenvalue weighted by Crippen LogP contribution is -2.34. The van der Waals surface area contributed by atoms with Crippen molar-refractivity contribution in [1.82, 2.24) is 10.2 Å². The summed E-state index contributed by atoms with van der Waals surface area (Å²) in [6.45, 7) is 4.35.